The van der Waals surface area contributed by atoms with Crippen molar-refractivity contribution in [2.24, 2.45) is 5.92 Å². The van der Waals surface area contributed by atoms with E-state index in [1.807, 2.05) is 71.4 Å². The molecule has 50 heavy (non-hydrogen) atoms. The first-order valence-electron chi connectivity index (χ1n) is 16.8. The van der Waals surface area contributed by atoms with Crippen molar-refractivity contribution >= 4 is 28.8 Å². The number of carboxylic acids is 1. The second-order valence-electron chi connectivity index (χ2n) is 13.3. The largest absolute Gasteiger partial charge is 0.478 e. The van der Waals surface area contributed by atoms with Crippen LogP contribution in [-0.4, -0.2) is 88.7 Å². The maximum absolute atomic E-state index is 14.1. The molecule has 0 radical (unpaired) electrons. The molecule has 5 aromatic rings. The minimum atomic E-state index is -1.19. The number of aliphatic hydroxyl groups is 1. The van der Waals surface area contributed by atoms with E-state index in [4.69, 9.17) is 0 Å². The molecule has 2 N–H and O–H groups in total. The molecule has 0 saturated carbocycles. The number of para-hydroxylation sites is 1. The van der Waals surface area contributed by atoms with E-state index in [2.05, 4.69) is 9.97 Å². The zero-order chi connectivity index (χ0) is 35.0. The molecular formula is C38H38N6O6. The van der Waals surface area contributed by atoms with Gasteiger partial charge in [0.15, 0.2) is 5.65 Å². The van der Waals surface area contributed by atoms with E-state index in [9.17, 15) is 29.4 Å². The lowest BCUT2D eigenvalue weighted by Gasteiger charge is -2.43. The normalized spacial score (nSPS) is 19.0. The number of piperidine rings is 2. The van der Waals surface area contributed by atoms with Crippen LogP contribution in [0.2, 0.25) is 0 Å². The predicted octanol–water partition coefficient (Wildman–Crippen LogP) is 3.89. The maximum atomic E-state index is 14.1. The molecule has 5 heterocycles. The Kier molecular flexibility index (Phi) is 8.79. The standard InChI is InChI=1S/C38H38N6O6/c1-25-31(37(48)49)20-27(21-39-25)34(45)42-16-12-29(32(22-42)26-8-4-2-5-9-26)35(46)41-18-14-38(50,15-19-41)23-43-24-40-33-30(36(43)47)13-17-44(33)28-10-6-3-7-11-28/h2-11,13,17,20-21,24,29,32,50H,12,14-16,18-19,22-23H2,1H3,(H,48,49)/t29-,32+/m1/s1. The van der Waals surface area contributed by atoms with Gasteiger partial charge in [0.2, 0.25) is 5.91 Å². The Morgan fingerprint density at radius 1 is 0.920 bits per heavy atom. The van der Waals surface area contributed by atoms with E-state index >= 15 is 0 Å². The van der Waals surface area contributed by atoms with Crippen LogP contribution < -0.4 is 5.56 Å². The van der Waals surface area contributed by atoms with Crippen molar-refractivity contribution in [3.8, 4) is 5.69 Å². The van der Waals surface area contributed by atoms with Gasteiger partial charge in [-0.05, 0) is 56.0 Å². The number of aromatic nitrogens is 4. The molecule has 2 amide bonds. The summed E-state index contributed by atoms with van der Waals surface area (Å²) in [6.07, 6.45) is 5.72. The number of aryl methyl sites for hydroxylation is 1. The SMILES string of the molecule is Cc1ncc(C(=O)N2CC[C@@H](C(=O)N3CCC(O)(Cn4cnc5c(ccn5-c5ccccc5)c4=O)CC3)[C@H](c3ccccc3)C2)cc1C(=O)O. The Morgan fingerprint density at radius 2 is 1.62 bits per heavy atom. The number of rotatable bonds is 7. The highest BCUT2D eigenvalue weighted by Gasteiger charge is 2.42. The number of hydrogen-bond acceptors (Lipinski definition) is 7. The third-order valence-electron chi connectivity index (χ3n) is 10.2. The Labute approximate surface area is 288 Å². The summed E-state index contributed by atoms with van der Waals surface area (Å²) in [4.78, 5) is 65.0. The van der Waals surface area contributed by atoms with E-state index in [1.165, 1.54) is 23.2 Å². The van der Waals surface area contributed by atoms with Gasteiger partial charge in [-0.3, -0.25) is 23.9 Å². The van der Waals surface area contributed by atoms with E-state index in [0.29, 0.717) is 55.6 Å². The zero-order valence-electron chi connectivity index (χ0n) is 27.7. The summed E-state index contributed by atoms with van der Waals surface area (Å²) in [6, 6.07) is 22.4. The Hall–Kier alpha value is -5.62. The molecular weight excluding hydrogens is 636 g/mol. The lowest BCUT2D eigenvalue weighted by Crippen LogP contribution is -2.53. The van der Waals surface area contributed by atoms with Crippen molar-refractivity contribution < 1.29 is 24.6 Å². The highest BCUT2D eigenvalue weighted by atomic mass is 16.4. The van der Waals surface area contributed by atoms with Crippen molar-refractivity contribution in [3.63, 3.8) is 0 Å². The number of carboxylic acid groups (broad SMARTS) is 1. The van der Waals surface area contributed by atoms with Crippen LogP contribution >= 0.6 is 0 Å². The van der Waals surface area contributed by atoms with Gasteiger partial charge in [0, 0.05) is 56.1 Å². The molecule has 0 unspecified atom stereocenters. The lowest BCUT2D eigenvalue weighted by atomic mass is 9.79. The van der Waals surface area contributed by atoms with Crippen LogP contribution in [0.4, 0.5) is 0 Å². The van der Waals surface area contributed by atoms with Crippen molar-refractivity contribution in [3.05, 3.63) is 124 Å². The minimum Gasteiger partial charge on any atom is -0.478 e. The van der Waals surface area contributed by atoms with Crippen molar-refractivity contribution in [2.45, 2.75) is 44.2 Å². The van der Waals surface area contributed by atoms with Gasteiger partial charge in [0.25, 0.3) is 11.5 Å². The van der Waals surface area contributed by atoms with Crippen molar-refractivity contribution in [1.29, 1.82) is 0 Å². The summed E-state index contributed by atoms with van der Waals surface area (Å²) in [7, 11) is 0. The topological polar surface area (TPSA) is 151 Å². The quantitative estimate of drug-likeness (QED) is 0.264. The minimum absolute atomic E-state index is 0.0190. The first kappa shape index (κ1) is 32.9. The number of amides is 2. The second-order valence-corrected chi connectivity index (χ2v) is 13.3. The van der Waals surface area contributed by atoms with Gasteiger partial charge in [-0.1, -0.05) is 48.5 Å². The van der Waals surface area contributed by atoms with E-state index in [1.54, 1.807) is 22.8 Å². The molecule has 12 nitrogen and oxygen atoms in total. The molecule has 0 aliphatic carbocycles. The van der Waals surface area contributed by atoms with Crippen LogP contribution in [0.5, 0.6) is 0 Å². The number of fused-ring (bicyclic) bond motifs is 1. The number of carbonyl (C=O) groups excluding carboxylic acids is 2. The molecule has 2 aliphatic heterocycles. The summed E-state index contributed by atoms with van der Waals surface area (Å²) >= 11 is 0. The average Bonchev–Trinajstić information content (AvgIpc) is 3.58. The summed E-state index contributed by atoms with van der Waals surface area (Å²) in [5.74, 6) is -2.16. The molecule has 0 spiro atoms. The molecule has 2 saturated heterocycles. The monoisotopic (exact) mass is 674 g/mol. The fourth-order valence-electron chi connectivity index (χ4n) is 7.34. The average molecular weight is 675 g/mol. The van der Waals surface area contributed by atoms with Gasteiger partial charge in [0.05, 0.1) is 34.4 Å². The van der Waals surface area contributed by atoms with Crippen LogP contribution in [0.3, 0.4) is 0 Å². The smallest absolute Gasteiger partial charge is 0.337 e. The molecule has 2 aliphatic rings. The fraction of sp³-hybridized carbons (Fsp3) is 0.316. The summed E-state index contributed by atoms with van der Waals surface area (Å²) in [6.45, 7) is 2.94. The predicted molar refractivity (Wildman–Crippen MR) is 185 cm³/mol. The number of likely N-dealkylation sites (tertiary alicyclic amines) is 2. The molecule has 12 heteroatoms. The van der Waals surface area contributed by atoms with Gasteiger partial charge in [-0.2, -0.15) is 0 Å². The maximum Gasteiger partial charge on any atom is 0.337 e. The van der Waals surface area contributed by atoms with Crippen LogP contribution in [0.25, 0.3) is 16.7 Å². The second kappa shape index (κ2) is 13.4. The number of hydrogen-bond donors (Lipinski definition) is 2. The molecule has 256 valence electrons. The number of aromatic carboxylic acids is 1. The first-order valence-corrected chi connectivity index (χ1v) is 16.8. The summed E-state index contributed by atoms with van der Waals surface area (Å²) in [5.41, 5.74) is 1.47. The van der Waals surface area contributed by atoms with Crippen LogP contribution in [-0.2, 0) is 11.3 Å². The number of carbonyl (C=O) groups is 3. The van der Waals surface area contributed by atoms with Crippen LogP contribution in [0.15, 0.2) is 96.3 Å². The first-order chi connectivity index (χ1) is 24.1. The fourth-order valence-corrected chi connectivity index (χ4v) is 7.34. The zero-order valence-corrected chi connectivity index (χ0v) is 27.7. The van der Waals surface area contributed by atoms with Crippen LogP contribution in [0.1, 0.15) is 57.2 Å². The van der Waals surface area contributed by atoms with Gasteiger partial charge < -0.3 is 24.6 Å². The van der Waals surface area contributed by atoms with E-state index in [-0.39, 0.29) is 53.4 Å². The molecule has 3 aromatic heterocycles. The van der Waals surface area contributed by atoms with Crippen molar-refractivity contribution in [1.82, 2.24) is 28.9 Å². The van der Waals surface area contributed by atoms with Gasteiger partial charge in [-0.25, -0.2) is 9.78 Å². The molecule has 2 atom stereocenters. The highest BCUT2D eigenvalue weighted by Crippen LogP contribution is 2.36. The van der Waals surface area contributed by atoms with E-state index in [0.717, 1.165) is 11.3 Å². The number of benzene rings is 2. The molecule has 2 aromatic carbocycles. The van der Waals surface area contributed by atoms with Gasteiger partial charge in [0.1, 0.15) is 6.33 Å². The summed E-state index contributed by atoms with van der Waals surface area (Å²) in [5, 5.41) is 21.6. The van der Waals surface area contributed by atoms with Crippen LogP contribution in [0, 0.1) is 12.8 Å². The third kappa shape index (κ3) is 6.29. The van der Waals surface area contributed by atoms with Gasteiger partial charge in [-0.15, -0.1) is 0 Å². The van der Waals surface area contributed by atoms with Gasteiger partial charge >= 0.3 is 5.97 Å². The third-order valence-corrected chi connectivity index (χ3v) is 10.2. The van der Waals surface area contributed by atoms with E-state index < -0.39 is 11.6 Å². The molecule has 2 fully saturated rings. The molecule has 7 rings (SSSR count). The highest BCUT2D eigenvalue weighted by molar-refractivity contribution is 5.97. The summed E-state index contributed by atoms with van der Waals surface area (Å²) < 4.78 is 3.31. The van der Waals surface area contributed by atoms with Crippen molar-refractivity contribution in [2.75, 3.05) is 26.2 Å². The lowest BCUT2D eigenvalue weighted by molar-refractivity contribution is -0.142. The number of pyridine rings is 1. The Morgan fingerprint density at radius 3 is 2.32 bits per heavy atom. The Balaban J connectivity index is 1.04. The number of nitrogens with zero attached hydrogens (tertiary/aromatic N) is 6. The Bertz CT molecular complexity index is 2120. The molecule has 0 bridgehead atoms.